The molecule has 1 atom stereocenters. The molecular formula is C27H31F2NO5S. The lowest BCUT2D eigenvalue weighted by Crippen LogP contribution is -2.20. The molecule has 0 bridgehead atoms. The second-order valence-electron chi connectivity index (χ2n) is 8.96. The molecule has 0 amide bonds. The highest BCUT2D eigenvalue weighted by Gasteiger charge is 2.29. The summed E-state index contributed by atoms with van der Waals surface area (Å²) in [6, 6.07) is 14.4. The van der Waals surface area contributed by atoms with E-state index in [1.165, 1.54) is 12.1 Å². The first-order valence-corrected chi connectivity index (χ1v) is 13.3. The van der Waals surface area contributed by atoms with Crippen LogP contribution in [0.4, 0.5) is 14.5 Å². The first-order chi connectivity index (χ1) is 17.0. The van der Waals surface area contributed by atoms with E-state index >= 15 is 0 Å². The molecule has 0 aliphatic heterocycles. The van der Waals surface area contributed by atoms with Crippen LogP contribution in [0, 0.1) is 5.92 Å². The van der Waals surface area contributed by atoms with Crippen molar-refractivity contribution in [2.24, 2.45) is 5.92 Å². The Hall–Kier alpha value is -3.20. The zero-order valence-electron chi connectivity index (χ0n) is 20.1. The van der Waals surface area contributed by atoms with Crippen LogP contribution in [0.5, 0.6) is 0 Å². The molecule has 9 heteroatoms. The van der Waals surface area contributed by atoms with Gasteiger partial charge in [-0.1, -0.05) is 49.4 Å². The minimum atomic E-state index is -3.77. The topological polar surface area (TPSA) is 92.7 Å². The number of ether oxygens (including phenoxy) is 1. The van der Waals surface area contributed by atoms with E-state index in [9.17, 15) is 22.0 Å². The first kappa shape index (κ1) is 27.4. The maximum Gasteiger partial charge on any atom is 0.303 e. The van der Waals surface area contributed by atoms with Crippen LogP contribution in [0.1, 0.15) is 44.6 Å². The lowest BCUT2D eigenvalue weighted by molar-refractivity contribution is -0.136. The fourth-order valence-corrected chi connectivity index (χ4v) is 4.93. The number of carbonyl (C=O) groups is 1. The van der Waals surface area contributed by atoms with Crippen molar-refractivity contribution in [3.8, 4) is 0 Å². The third kappa shape index (κ3) is 8.48. The number of alkyl halides is 2. The standard InChI is InChI=1S/C27H31F2NO5S/c1-20-10-11-22(12-13-26(31)32)25(18-20)35-17-16-27(28,29)15-14-21-6-5-7-23(19-21)30-36(33,34)24-8-3-2-4-9-24/h2-11,19-20,30H,12-18H2,1H3,(H,31,32). The zero-order valence-corrected chi connectivity index (χ0v) is 20.9. The van der Waals surface area contributed by atoms with Gasteiger partial charge < -0.3 is 9.84 Å². The molecule has 194 valence electrons. The first-order valence-electron chi connectivity index (χ1n) is 11.8. The molecule has 6 nitrogen and oxygen atoms in total. The van der Waals surface area contributed by atoms with Crippen LogP contribution in [0.15, 0.2) is 83.0 Å². The molecule has 3 rings (SSSR count). The Kier molecular flexibility index (Phi) is 9.25. The number of aliphatic carboxylic acids is 1. The Morgan fingerprint density at radius 2 is 1.86 bits per heavy atom. The van der Waals surface area contributed by atoms with Gasteiger partial charge >= 0.3 is 5.97 Å². The Morgan fingerprint density at radius 3 is 2.58 bits per heavy atom. The predicted molar refractivity (Wildman–Crippen MR) is 134 cm³/mol. The maximum absolute atomic E-state index is 14.6. The van der Waals surface area contributed by atoms with Crippen molar-refractivity contribution >= 4 is 21.7 Å². The highest BCUT2D eigenvalue weighted by molar-refractivity contribution is 7.92. The van der Waals surface area contributed by atoms with Crippen LogP contribution < -0.4 is 4.72 Å². The summed E-state index contributed by atoms with van der Waals surface area (Å²) in [5, 5.41) is 8.92. The zero-order chi connectivity index (χ0) is 26.2. The number of sulfonamides is 1. The third-order valence-corrected chi connectivity index (χ3v) is 7.25. The van der Waals surface area contributed by atoms with E-state index in [0.717, 1.165) is 5.57 Å². The number of halogens is 2. The lowest BCUT2D eigenvalue weighted by Gasteiger charge is -2.22. The number of allylic oxidation sites excluding steroid dienone is 4. The number of carboxylic acids is 1. The summed E-state index contributed by atoms with van der Waals surface area (Å²) in [7, 11) is -3.77. The third-order valence-electron chi connectivity index (χ3n) is 5.86. The molecule has 2 N–H and O–H groups in total. The van der Waals surface area contributed by atoms with Gasteiger partial charge in [0.2, 0.25) is 0 Å². The summed E-state index contributed by atoms with van der Waals surface area (Å²) in [6.07, 6.45) is 3.79. The van der Waals surface area contributed by atoms with Gasteiger partial charge in [0.25, 0.3) is 15.9 Å². The fraction of sp³-hybridized carbons (Fsp3) is 0.370. The van der Waals surface area contributed by atoms with Crippen molar-refractivity contribution in [3.05, 3.63) is 83.6 Å². The van der Waals surface area contributed by atoms with Crippen LogP contribution in [0.25, 0.3) is 0 Å². The number of hydrogen-bond donors (Lipinski definition) is 2. The van der Waals surface area contributed by atoms with Crippen LogP contribution in [0.2, 0.25) is 0 Å². The molecule has 2 aromatic carbocycles. The number of hydrogen-bond acceptors (Lipinski definition) is 4. The number of benzene rings is 2. The van der Waals surface area contributed by atoms with E-state index in [-0.39, 0.29) is 30.3 Å². The molecule has 0 saturated heterocycles. The van der Waals surface area contributed by atoms with Gasteiger partial charge in [-0.2, -0.15) is 0 Å². The normalized spacial score (nSPS) is 16.1. The van der Waals surface area contributed by atoms with Crippen LogP contribution in [-0.2, 0) is 26.0 Å². The fourth-order valence-electron chi connectivity index (χ4n) is 3.86. The van der Waals surface area contributed by atoms with Crippen LogP contribution >= 0.6 is 0 Å². The molecule has 1 aliphatic carbocycles. The summed E-state index contributed by atoms with van der Waals surface area (Å²) >= 11 is 0. The van der Waals surface area contributed by atoms with E-state index in [4.69, 9.17) is 9.84 Å². The molecule has 0 heterocycles. The van der Waals surface area contributed by atoms with Crippen LogP contribution in [0.3, 0.4) is 0 Å². The summed E-state index contributed by atoms with van der Waals surface area (Å²) in [4.78, 5) is 11.0. The van der Waals surface area contributed by atoms with Gasteiger partial charge in [-0.05, 0) is 54.2 Å². The van der Waals surface area contributed by atoms with Crippen molar-refractivity contribution < 1.29 is 31.8 Å². The highest BCUT2D eigenvalue weighted by atomic mass is 32.2. The Labute approximate surface area is 210 Å². The number of anilines is 1. The maximum atomic E-state index is 14.6. The Balaban J connectivity index is 1.54. The van der Waals surface area contributed by atoms with Crippen molar-refractivity contribution in [2.75, 3.05) is 11.3 Å². The molecule has 0 spiro atoms. The minimum absolute atomic E-state index is 0.0440. The molecule has 2 aromatic rings. The highest BCUT2D eigenvalue weighted by Crippen LogP contribution is 2.30. The average Bonchev–Trinajstić information content (AvgIpc) is 2.83. The second kappa shape index (κ2) is 12.2. The van der Waals surface area contributed by atoms with Crippen molar-refractivity contribution in [1.82, 2.24) is 0 Å². The summed E-state index contributed by atoms with van der Waals surface area (Å²) in [6.45, 7) is 1.81. The van der Waals surface area contributed by atoms with Gasteiger partial charge in [0, 0.05) is 31.4 Å². The molecule has 36 heavy (non-hydrogen) atoms. The molecule has 0 aromatic heterocycles. The summed E-state index contributed by atoms with van der Waals surface area (Å²) in [5.41, 5.74) is 1.64. The number of nitrogens with one attached hydrogen (secondary N) is 1. The molecule has 0 saturated carbocycles. The van der Waals surface area contributed by atoms with Gasteiger partial charge in [-0.3, -0.25) is 9.52 Å². The second-order valence-corrected chi connectivity index (χ2v) is 10.6. The number of aryl methyl sites for hydroxylation is 1. The molecular weight excluding hydrogens is 488 g/mol. The Bertz CT molecular complexity index is 1210. The number of rotatable bonds is 13. The summed E-state index contributed by atoms with van der Waals surface area (Å²) in [5.74, 6) is -3.12. The van der Waals surface area contributed by atoms with E-state index < -0.39 is 34.8 Å². The number of carboxylic acid groups (broad SMARTS) is 1. The van der Waals surface area contributed by atoms with Crippen molar-refractivity contribution in [2.45, 2.75) is 56.3 Å². The van der Waals surface area contributed by atoms with Crippen molar-refractivity contribution in [1.29, 1.82) is 0 Å². The molecule has 1 aliphatic rings. The molecule has 1 unspecified atom stereocenters. The van der Waals surface area contributed by atoms with E-state index in [2.05, 4.69) is 4.72 Å². The summed E-state index contributed by atoms with van der Waals surface area (Å²) < 4.78 is 62.4. The quantitative estimate of drug-likeness (QED) is 0.330. The van der Waals surface area contributed by atoms with Gasteiger partial charge in [0.05, 0.1) is 17.3 Å². The van der Waals surface area contributed by atoms with E-state index in [1.54, 1.807) is 42.5 Å². The smallest absolute Gasteiger partial charge is 0.303 e. The monoisotopic (exact) mass is 519 g/mol. The molecule has 0 fully saturated rings. The lowest BCUT2D eigenvalue weighted by atomic mass is 9.94. The van der Waals surface area contributed by atoms with Crippen LogP contribution in [-0.4, -0.2) is 32.0 Å². The van der Waals surface area contributed by atoms with Crippen molar-refractivity contribution in [3.63, 3.8) is 0 Å². The van der Waals surface area contributed by atoms with Gasteiger partial charge in [-0.15, -0.1) is 0 Å². The Morgan fingerprint density at radius 1 is 1.11 bits per heavy atom. The largest absolute Gasteiger partial charge is 0.497 e. The van der Waals surface area contributed by atoms with E-state index in [1.807, 2.05) is 19.1 Å². The van der Waals surface area contributed by atoms with Gasteiger partial charge in [0.1, 0.15) is 0 Å². The van der Waals surface area contributed by atoms with E-state index in [0.29, 0.717) is 29.9 Å². The van der Waals surface area contributed by atoms with Gasteiger partial charge in [0.15, 0.2) is 0 Å². The average molecular weight is 520 g/mol. The SMILES string of the molecule is CC1C=CC(CCC(=O)O)=C(OCCC(F)(F)CCc2cccc(NS(=O)(=O)c3ccccc3)c2)C1. The predicted octanol–water partition coefficient (Wildman–Crippen LogP) is 6.18. The minimum Gasteiger partial charge on any atom is -0.497 e. The van der Waals surface area contributed by atoms with Gasteiger partial charge in [-0.25, -0.2) is 17.2 Å². The molecule has 0 radical (unpaired) electrons.